The maximum Gasteiger partial charge on any atom is 0.238 e. The van der Waals surface area contributed by atoms with Crippen molar-refractivity contribution in [1.29, 1.82) is 0 Å². The lowest BCUT2D eigenvalue weighted by atomic mass is 9.73. The first-order valence-electron chi connectivity index (χ1n) is 9.63. The van der Waals surface area contributed by atoms with Gasteiger partial charge in [0, 0.05) is 25.4 Å². The topological polar surface area (TPSA) is 62.3 Å². The fourth-order valence-electron chi connectivity index (χ4n) is 4.13. The van der Waals surface area contributed by atoms with Crippen molar-refractivity contribution in [2.45, 2.75) is 25.2 Å². The highest BCUT2D eigenvalue weighted by atomic mass is 16.2. The summed E-state index contributed by atoms with van der Waals surface area (Å²) in [5.41, 5.74) is 3.44. The highest BCUT2D eigenvalue weighted by molar-refractivity contribution is 6.11. The van der Waals surface area contributed by atoms with E-state index in [1.165, 1.54) is 0 Å². The number of carbonyl (C=O) groups excluding carboxylic acids is 2. The molecule has 0 fully saturated rings. The summed E-state index contributed by atoms with van der Waals surface area (Å²) in [7, 11) is 1.77. The molecule has 5 nitrogen and oxygen atoms in total. The average molecular weight is 385 g/mol. The molecule has 0 radical (unpaired) electrons. The van der Waals surface area contributed by atoms with Gasteiger partial charge in [-0.1, -0.05) is 48.5 Å². The quantitative estimate of drug-likeness (QED) is 0.725. The van der Waals surface area contributed by atoms with Crippen molar-refractivity contribution in [2.75, 3.05) is 17.3 Å². The van der Waals surface area contributed by atoms with Crippen LogP contribution in [-0.4, -0.2) is 23.8 Å². The lowest BCUT2D eigenvalue weighted by Crippen LogP contribution is -2.43. The Hall–Kier alpha value is -3.47. The standard InChI is InChI=1S/C24H23N3O2/c1-17-12-13-25-16-20(17)26-22(28)15-24(14-18-8-4-3-5-9-18)19-10-6-7-11-21(19)27(2)23(24)29/h3-13,16H,14-15H2,1-2H3,(H,26,28)/t24-/m0/s1. The molecule has 0 saturated carbocycles. The largest absolute Gasteiger partial charge is 0.324 e. The van der Waals surface area contributed by atoms with E-state index in [0.29, 0.717) is 12.1 Å². The fourth-order valence-corrected chi connectivity index (χ4v) is 4.13. The molecule has 1 atom stereocenters. The number of nitrogens with zero attached hydrogens (tertiary/aromatic N) is 2. The second kappa shape index (κ2) is 7.51. The highest BCUT2D eigenvalue weighted by Gasteiger charge is 2.50. The van der Waals surface area contributed by atoms with Crippen LogP contribution in [0.4, 0.5) is 11.4 Å². The van der Waals surface area contributed by atoms with Crippen LogP contribution in [0.5, 0.6) is 0 Å². The summed E-state index contributed by atoms with van der Waals surface area (Å²) in [6, 6.07) is 19.4. The normalized spacial score (nSPS) is 17.9. The molecule has 3 aromatic rings. The molecule has 2 heterocycles. The number of nitrogens with one attached hydrogen (secondary N) is 1. The van der Waals surface area contributed by atoms with Gasteiger partial charge in [0.2, 0.25) is 11.8 Å². The summed E-state index contributed by atoms with van der Waals surface area (Å²) in [5.74, 6) is -0.254. The predicted octanol–water partition coefficient (Wildman–Crippen LogP) is 3.88. The third kappa shape index (κ3) is 3.40. The number of amides is 2. The second-order valence-electron chi connectivity index (χ2n) is 7.54. The number of hydrogen-bond donors (Lipinski definition) is 1. The van der Waals surface area contributed by atoms with Crippen molar-refractivity contribution in [1.82, 2.24) is 4.98 Å². The molecule has 0 saturated heterocycles. The molecule has 0 unspecified atom stereocenters. The van der Waals surface area contributed by atoms with E-state index < -0.39 is 5.41 Å². The zero-order chi connectivity index (χ0) is 20.4. The van der Waals surface area contributed by atoms with E-state index >= 15 is 0 Å². The van der Waals surface area contributed by atoms with Gasteiger partial charge in [-0.05, 0) is 42.2 Å². The Kier molecular flexibility index (Phi) is 4.89. The number of anilines is 2. The molecule has 0 spiro atoms. The highest BCUT2D eigenvalue weighted by Crippen LogP contribution is 2.45. The SMILES string of the molecule is Cc1ccncc1NC(=O)C[C@]1(Cc2ccccc2)C(=O)N(C)c2ccccc21. The van der Waals surface area contributed by atoms with E-state index in [0.717, 1.165) is 22.4 Å². The van der Waals surface area contributed by atoms with Gasteiger partial charge in [0.1, 0.15) is 0 Å². The Balaban J connectivity index is 1.73. The molecule has 1 aromatic heterocycles. The van der Waals surface area contributed by atoms with Crippen LogP contribution in [0.1, 0.15) is 23.1 Å². The second-order valence-corrected chi connectivity index (χ2v) is 7.54. The van der Waals surface area contributed by atoms with E-state index in [1.807, 2.05) is 67.6 Å². The van der Waals surface area contributed by atoms with Gasteiger partial charge in [-0.2, -0.15) is 0 Å². The van der Waals surface area contributed by atoms with Crippen LogP contribution in [0.3, 0.4) is 0 Å². The van der Waals surface area contributed by atoms with Gasteiger partial charge >= 0.3 is 0 Å². The first-order valence-corrected chi connectivity index (χ1v) is 9.63. The summed E-state index contributed by atoms with van der Waals surface area (Å²) in [5, 5.41) is 2.94. The van der Waals surface area contributed by atoms with Crippen LogP contribution in [0.25, 0.3) is 0 Å². The molecule has 2 amide bonds. The van der Waals surface area contributed by atoms with E-state index in [2.05, 4.69) is 10.3 Å². The van der Waals surface area contributed by atoms with Crippen LogP contribution in [0, 0.1) is 6.92 Å². The minimum absolute atomic E-state index is 0.0550. The number of carbonyl (C=O) groups is 2. The molecule has 1 aliphatic rings. The molecule has 0 aliphatic carbocycles. The Morgan fingerprint density at radius 1 is 1.07 bits per heavy atom. The zero-order valence-electron chi connectivity index (χ0n) is 16.6. The monoisotopic (exact) mass is 385 g/mol. The van der Waals surface area contributed by atoms with Crippen molar-refractivity contribution in [3.8, 4) is 0 Å². The number of likely N-dealkylation sites (N-methyl/N-ethyl adjacent to an activating group) is 1. The maximum atomic E-state index is 13.5. The Morgan fingerprint density at radius 3 is 2.55 bits per heavy atom. The number of aromatic nitrogens is 1. The third-order valence-corrected chi connectivity index (χ3v) is 5.62. The number of pyridine rings is 1. The van der Waals surface area contributed by atoms with Gasteiger partial charge in [-0.25, -0.2) is 0 Å². The number of aryl methyl sites for hydroxylation is 1. The third-order valence-electron chi connectivity index (χ3n) is 5.62. The minimum atomic E-state index is -0.938. The van der Waals surface area contributed by atoms with E-state index in [1.54, 1.807) is 24.3 Å². The number of fused-ring (bicyclic) bond motifs is 1. The van der Waals surface area contributed by atoms with Crippen molar-refractivity contribution in [3.05, 3.63) is 89.7 Å². The van der Waals surface area contributed by atoms with Crippen molar-refractivity contribution in [2.24, 2.45) is 0 Å². The molecule has 1 aliphatic heterocycles. The molecule has 146 valence electrons. The molecule has 5 heteroatoms. The summed E-state index contributed by atoms with van der Waals surface area (Å²) in [6.07, 6.45) is 3.85. The lowest BCUT2D eigenvalue weighted by molar-refractivity contribution is -0.127. The molecule has 1 N–H and O–H groups in total. The minimum Gasteiger partial charge on any atom is -0.324 e. The molecule has 0 bridgehead atoms. The Labute approximate surface area is 170 Å². The van der Waals surface area contributed by atoms with Gasteiger partial charge in [0.15, 0.2) is 0 Å². The van der Waals surface area contributed by atoms with Gasteiger partial charge in [0.05, 0.1) is 17.3 Å². The van der Waals surface area contributed by atoms with E-state index in [4.69, 9.17) is 0 Å². The van der Waals surface area contributed by atoms with Gasteiger partial charge < -0.3 is 10.2 Å². The lowest BCUT2D eigenvalue weighted by Gasteiger charge is -2.28. The van der Waals surface area contributed by atoms with Crippen LogP contribution in [0.15, 0.2) is 73.1 Å². The summed E-state index contributed by atoms with van der Waals surface area (Å²) in [4.78, 5) is 32.3. The van der Waals surface area contributed by atoms with Crippen LogP contribution in [0.2, 0.25) is 0 Å². The van der Waals surface area contributed by atoms with E-state index in [-0.39, 0.29) is 18.2 Å². The maximum absolute atomic E-state index is 13.5. The molecule has 4 rings (SSSR count). The van der Waals surface area contributed by atoms with Crippen molar-refractivity contribution >= 4 is 23.2 Å². The van der Waals surface area contributed by atoms with E-state index in [9.17, 15) is 9.59 Å². The van der Waals surface area contributed by atoms with Crippen LogP contribution >= 0.6 is 0 Å². The fraction of sp³-hybridized carbons (Fsp3) is 0.208. The molecular weight excluding hydrogens is 362 g/mol. The molecule has 2 aromatic carbocycles. The number of para-hydroxylation sites is 1. The summed E-state index contributed by atoms with van der Waals surface area (Å²) >= 11 is 0. The van der Waals surface area contributed by atoms with Crippen LogP contribution < -0.4 is 10.2 Å². The first-order chi connectivity index (χ1) is 14.0. The molecule has 29 heavy (non-hydrogen) atoms. The number of rotatable bonds is 5. The van der Waals surface area contributed by atoms with Gasteiger partial charge in [-0.15, -0.1) is 0 Å². The smallest absolute Gasteiger partial charge is 0.238 e. The summed E-state index contributed by atoms with van der Waals surface area (Å²) in [6.45, 7) is 1.92. The zero-order valence-corrected chi connectivity index (χ0v) is 16.6. The Morgan fingerprint density at radius 2 is 1.79 bits per heavy atom. The van der Waals surface area contributed by atoms with Gasteiger partial charge in [0.25, 0.3) is 0 Å². The first kappa shape index (κ1) is 18.9. The van der Waals surface area contributed by atoms with Gasteiger partial charge in [-0.3, -0.25) is 14.6 Å². The summed E-state index contributed by atoms with van der Waals surface area (Å²) < 4.78 is 0. The van der Waals surface area contributed by atoms with Crippen LogP contribution in [-0.2, 0) is 21.4 Å². The average Bonchev–Trinajstić information content (AvgIpc) is 2.93. The van der Waals surface area contributed by atoms with Crippen molar-refractivity contribution < 1.29 is 9.59 Å². The number of hydrogen-bond acceptors (Lipinski definition) is 3. The Bertz CT molecular complexity index is 1060. The number of benzene rings is 2. The predicted molar refractivity (Wildman–Crippen MR) is 114 cm³/mol. The van der Waals surface area contributed by atoms with Crippen molar-refractivity contribution in [3.63, 3.8) is 0 Å². The molecular formula is C24H23N3O2.